The molecule has 8 heteroatoms. The SMILES string of the molecule is C[C@@H]1CCCN(c2nc3ccccn3c(=O)c2/C=C2/SC(=S)N(C3CCCCC3)C2=O)C1. The molecule has 4 heterocycles. The second-order valence-corrected chi connectivity index (χ2v) is 10.8. The van der Waals surface area contributed by atoms with E-state index in [1.165, 1.54) is 24.6 Å². The zero-order chi connectivity index (χ0) is 22.2. The largest absolute Gasteiger partial charge is 0.356 e. The van der Waals surface area contributed by atoms with Gasteiger partial charge >= 0.3 is 0 Å². The van der Waals surface area contributed by atoms with Crippen LogP contribution in [0.15, 0.2) is 34.1 Å². The van der Waals surface area contributed by atoms with Crippen LogP contribution in [0.2, 0.25) is 0 Å². The average Bonchev–Trinajstić information content (AvgIpc) is 3.09. The van der Waals surface area contributed by atoms with Crippen molar-refractivity contribution in [2.75, 3.05) is 18.0 Å². The summed E-state index contributed by atoms with van der Waals surface area (Å²) in [5.74, 6) is 1.15. The molecule has 2 aromatic heterocycles. The van der Waals surface area contributed by atoms with Gasteiger partial charge in [0.1, 0.15) is 15.8 Å². The maximum Gasteiger partial charge on any atom is 0.267 e. The number of carbonyl (C=O) groups excluding carboxylic acids is 1. The first-order valence-electron chi connectivity index (χ1n) is 11.6. The summed E-state index contributed by atoms with van der Waals surface area (Å²) in [6.45, 7) is 3.96. The van der Waals surface area contributed by atoms with Crippen molar-refractivity contribution in [3.63, 3.8) is 0 Å². The highest BCUT2D eigenvalue weighted by Crippen LogP contribution is 2.38. The number of anilines is 1. The lowest BCUT2D eigenvalue weighted by Gasteiger charge is -2.32. The van der Waals surface area contributed by atoms with Crippen LogP contribution in [0.5, 0.6) is 0 Å². The number of thiocarbonyl (C=S) groups is 1. The third-order valence-electron chi connectivity index (χ3n) is 6.74. The summed E-state index contributed by atoms with van der Waals surface area (Å²) in [5.41, 5.74) is 0.955. The molecular formula is C24H28N4O2S2. The number of aromatic nitrogens is 2. The highest BCUT2D eigenvalue weighted by molar-refractivity contribution is 8.26. The molecule has 2 saturated heterocycles. The molecule has 1 amide bonds. The van der Waals surface area contributed by atoms with Crippen molar-refractivity contribution in [2.45, 2.75) is 57.9 Å². The molecule has 0 bridgehead atoms. The number of thioether (sulfide) groups is 1. The Bertz CT molecular complexity index is 1150. The van der Waals surface area contributed by atoms with Crippen LogP contribution in [0, 0.1) is 5.92 Å². The standard InChI is InChI=1S/C24H28N4O2S2/c1-16-8-7-12-26(15-16)21-18(22(29)27-13-6-5-11-20(27)25-21)14-19-23(30)28(24(31)32-19)17-9-3-2-4-10-17/h5-6,11,13-14,16-17H,2-4,7-10,12,15H2,1H3/b19-14+/t16-/m1/s1. The summed E-state index contributed by atoms with van der Waals surface area (Å²) in [4.78, 5) is 36.2. The van der Waals surface area contributed by atoms with E-state index in [0.29, 0.717) is 32.2 Å². The lowest BCUT2D eigenvalue weighted by Crippen LogP contribution is -2.39. The minimum Gasteiger partial charge on any atom is -0.356 e. The Morgan fingerprint density at radius 1 is 1.12 bits per heavy atom. The minimum atomic E-state index is -0.147. The van der Waals surface area contributed by atoms with Gasteiger partial charge in [-0.3, -0.25) is 18.9 Å². The van der Waals surface area contributed by atoms with Gasteiger partial charge in [0.25, 0.3) is 11.5 Å². The van der Waals surface area contributed by atoms with Crippen LogP contribution in [0.25, 0.3) is 11.7 Å². The van der Waals surface area contributed by atoms with Gasteiger partial charge in [0.05, 0.1) is 10.5 Å². The van der Waals surface area contributed by atoms with E-state index in [4.69, 9.17) is 17.2 Å². The quantitative estimate of drug-likeness (QED) is 0.490. The summed E-state index contributed by atoms with van der Waals surface area (Å²) < 4.78 is 2.17. The van der Waals surface area contributed by atoms with E-state index < -0.39 is 0 Å². The normalized spacial score (nSPS) is 24.2. The zero-order valence-electron chi connectivity index (χ0n) is 18.3. The van der Waals surface area contributed by atoms with Gasteiger partial charge in [0.2, 0.25) is 0 Å². The average molecular weight is 469 g/mol. The molecule has 1 saturated carbocycles. The van der Waals surface area contributed by atoms with Gasteiger partial charge in [-0.1, -0.05) is 56.2 Å². The number of rotatable bonds is 3. The van der Waals surface area contributed by atoms with Crippen molar-refractivity contribution in [1.29, 1.82) is 0 Å². The van der Waals surface area contributed by atoms with Crippen LogP contribution in [-0.2, 0) is 4.79 Å². The number of hydrogen-bond donors (Lipinski definition) is 0. The maximum atomic E-state index is 13.5. The molecule has 0 aromatic carbocycles. The molecule has 1 aliphatic carbocycles. The van der Waals surface area contributed by atoms with Gasteiger partial charge in [-0.05, 0) is 49.8 Å². The molecule has 2 aromatic rings. The summed E-state index contributed by atoms with van der Waals surface area (Å²) in [7, 11) is 0. The first-order valence-corrected chi connectivity index (χ1v) is 12.8. The Morgan fingerprint density at radius 3 is 2.72 bits per heavy atom. The predicted molar refractivity (Wildman–Crippen MR) is 134 cm³/mol. The minimum absolute atomic E-state index is 0.0672. The van der Waals surface area contributed by atoms with Gasteiger partial charge in [-0.2, -0.15) is 0 Å². The molecule has 1 atom stereocenters. The number of pyridine rings is 1. The van der Waals surface area contributed by atoms with Crippen molar-refractivity contribution in [3.05, 3.63) is 45.2 Å². The summed E-state index contributed by atoms with van der Waals surface area (Å²) in [6, 6.07) is 5.75. The highest BCUT2D eigenvalue weighted by Gasteiger charge is 2.38. The van der Waals surface area contributed by atoms with Gasteiger partial charge in [0, 0.05) is 25.3 Å². The van der Waals surface area contributed by atoms with Crippen LogP contribution in [0.3, 0.4) is 0 Å². The number of fused-ring (bicyclic) bond motifs is 1. The molecule has 0 spiro atoms. The summed E-state index contributed by atoms with van der Waals surface area (Å²) >= 11 is 6.91. The van der Waals surface area contributed by atoms with Crippen LogP contribution in [0.1, 0.15) is 57.4 Å². The molecule has 168 valence electrons. The molecule has 0 radical (unpaired) electrons. The van der Waals surface area contributed by atoms with Crippen molar-refractivity contribution in [1.82, 2.24) is 14.3 Å². The van der Waals surface area contributed by atoms with E-state index in [2.05, 4.69) is 11.8 Å². The van der Waals surface area contributed by atoms with Crippen LogP contribution in [-0.4, -0.2) is 43.6 Å². The maximum absolute atomic E-state index is 13.5. The van der Waals surface area contributed by atoms with Crippen LogP contribution in [0.4, 0.5) is 5.82 Å². The first-order chi connectivity index (χ1) is 15.5. The Balaban J connectivity index is 1.58. The fourth-order valence-electron chi connectivity index (χ4n) is 5.11. The number of amides is 1. The van der Waals surface area contributed by atoms with E-state index in [1.54, 1.807) is 21.6 Å². The van der Waals surface area contributed by atoms with Gasteiger partial charge in [-0.25, -0.2) is 4.98 Å². The van der Waals surface area contributed by atoms with Gasteiger partial charge in [0.15, 0.2) is 0 Å². The molecule has 2 aliphatic heterocycles. The highest BCUT2D eigenvalue weighted by atomic mass is 32.2. The number of hydrogen-bond acceptors (Lipinski definition) is 6. The molecule has 5 rings (SSSR count). The van der Waals surface area contributed by atoms with E-state index in [0.717, 1.165) is 45.2 Å². The molecular weight excluding hydrogens is 440 g/mol. The number of piperidine rings is 1. The number of carbonyl (C=O) groups is 1. The first kappa shape index (κ1) is 21.6. The molecule has 0 unspecified atom stereocenters. The lowest BCUT2D eigenvalue weighted by molar-refractivity contribution is -0.124. The number of nitrogens with zero attached hydrogens (tertiary/aromatic N) is 4. The van der Waals surface area contributed by atoms with E-state index in [-0.39, 0.29) is 17.5 Å². The van der Waals surface area contributed by atoms with Crippen molar-refractivity contribution in [3.8, 4) is 0 Å². The van der Waals surface area contributed by atoms with Crippen molar-refractivity contribution >= 4 is 51.7 Å². The fraction of sp³-hybridized carbons (Fsp3) is 0.500. The fourth-order valence-corrected chi connectivity index (χ4v) is 6.49. The second kappa shape index (κ2) is 8.98. The second-order valence-electron chi connectivity index (χ2n) is 9.12. The predicted octanol–water partition coefficient (Wildman–Crippen LogP) is 4.46. The third-order valence-corrected chi connectivity index (χ3v) is 8.07. The monoisotopic (exact) mass is 468 g/mol. The molecule has 6 nitrogen and oxygen atoms in total. The zero-order valence-corrected chi connectivity index (χ0v) is 20.0. The molecule has 3 fully saturated rings. The molecule has 3 aliphatic rings. The van der Waals surface area contributed by atoms with Crippen molar-refractivity contribution in [2.24, 2.45) is 5.92 Å². The van der Waals surface area contributed by atoms with E-state index in [9.17, 15) is 9.59 Å². The smallest absolute Gasteiger partial charge is 0.267 e. The summed E-state index contributed by atoms with van der Waals surface area (Å²) in [5, 5.41) is 0. The Labute approximate surface area is 197 Å². The van der Waals surface area contributed by atoms with E-state index in [1.807, 2.05) is 18.2 Å². The Morgan fingerprint density at radius 2 is 1.94 bits per heavy atom. The Kier molecular flexibility index (Phi) is 6.07. The van der Waals surface area contributed by atoms with Crippen LogP contribution < -0.4 is 10.5 Å². The summed E-state index contributed by atoms with van der Waals surface area (Å²) in [6.07, 6.45) is 11.2. The molecule has 32 heavy (non-hydrogen) atoms. The van der Waals surface area contributed by atoms with E-state index >= 15 is 0 Å². The Hall–Kier alpha value is -2.19. The van der Waals surface area contributed by atoms with Gasteiger partial charge < -0.3 is 4.90 Å². The third kappa shape index (κ3) is 3.99. The lowest BCUT2D eigenvalue weighted by atomic mass is 9.94. The topological polar surface area (TPSA) is 57.9 Å². The van der Waals surface area contributed by atoms with Gasteiger partial charge in [-0.15, -0.1) is 0 Å². The van der Waals surface area contributed by atoms with Crippen LogP contribution >= 0.6 is 24.0 Å². The molecule has 0 N–H and O–H groups in total. The van der Waals surface area contributed by atoms with Crippen molar-refractivity contribution < 1.29 is 4.79 Å².